The van der Waals surface area contributed by atoms with Crippen molar-refractivity contribution in [1.29, 1.82) is 0 Å². The molecule has 0 aromatic rings. The van der Waals surface area contributed by atoms with Crippen LogP contribution in [-0.2, 0) is 14.3 Å². The lowest BCUT2D eigenvalue weighted by Crippen LogP contribution is -2.42. The molecule has 0 aromatic carbocycles. The van der Waals surface area contributed by atoms with Gasteiger partial charge in [-0.15, -0.1) is 0 Å². The number of carbonyl (C=O) groups is 2. The number of rotatable bonds is 8. The molecule has 0 unspecified atom stereocenters. The molecule has 0 heterocycles. The van der Waals surface area contributed by atoms with Crippen molar-refractivity contribution in [2.75, 3.05) is 33.4 Å². The number of amides is 1. The Bertz CT molecular complexity index is 229. The summed E-state index contributed by atoms with van der Waals surface area (Å²) in [6.07, 6.45) is 0. The maximum atomic E-state index is 11.5. The lowest BCUT2D eigenvalue weighted by Gasteiger charge is -2.19. The Hall–Kier alpha value is -0.940. The fraction of sp³-hybridized carbons (Fsp3) is 0.818. The molecule has 0 saturated carbocycles. The average Bonchev–Trinajstić information content (AvgIpc) is 2.15. The number of Topliss-reactive ketones (excluding diaryl/α,β-unsaturated/α-hetero) is 1. The summed E-state index contributed by atoms with van der Waals surface area (Å²) < 4.78 is 4.74. The van der Waals surface area contributed by atoms with Gasteiger partial charge in [0.1, 0.15) is 6.61 Å². The lowest BCUT2D eigenvalue weighted by atomic mass is 10.3. The highest BCUT2D eigenvalue weighted by molar-refractivity contribution is 5.83. The third-order valence-corrected chi connectivity index (χ3v) is 1.97. The second kappa shape index (κ2) is 8.24. The largest absolute Gasteiger partial charge is 0.377 e. The molecule has 0 saturated heterocycles. The van der Waals surface area contributed by atoms with Crippen molar-refractivity contribution < 1.29 is 14.3 Å². The van der Waals surface area contributed by atoms with E-state index in [2.05, 4.69) is 5.32 Å². The third-order valence-electron chi connectivity index (χ3n) is 1.97. The van der Waals surface area contributed by atoms with Crippen LogP contribution in [0.2, 0.25) is 0 Å². The SMILES string of the molecule is CCN(CC(=O)COC)CC(=O)NC(C)C. The summed E-state index contributed by atoms with van der Waals surface area (Å²) in [7, 11) is 1.49. The molecule has 0 aliphatic rings. The number of ketones is 1. The van der Waals surface area contributed by atoms with E-state index in [1.807, 2.05) is 20.8 Å². The van der Waals surface area contributed by atoms with Crippen LogP contribution in [0.5, 0.6) is 0 Å². The number of likely N-dealkylation sites (N-methyl/N-ethyl adjacent to an activating group) is 1. The highest BCUT2D eigenvalue weighted by Crippen LogP contribution is 1.90. The first-order chi connectivity index (χ1) is 7.49. The maximum Gasteiger partial charge on any atom is 0.234 e. The molecule has 0 spiro atoms. The molecule has 94 valence electrons. The van der Waals surface area contributed by atoms with Crippen molar-refractivity contribution in [1.82, 2.24) is 10.2 Å². The van der Waals surface area contributed by atoms with Gasteiger partial charge in [-0.25, -0.2) is 0 Å². The summed E-state index contributed by atoms with van der Waals surface area (Å²) in [6, 6.07) is 0.126. The number of carbonyl (C=O) groups excluding carboxylic acids is 2. The third kappa shape index (κ3) is 7.36. The van der Waals surface area contributed by atoms with Gasteiger partial charge in [0, 0.05) is 13.2 Å². The predicted octanol–water partition coefficient (Wildman–Crippen LogP) is 0.0484. The van der Waals surface area contributed by atoms with E-state index >= 15 is 0 Å². The van der Waals surface area contributed by atoms with Gasteiger partial charge in [-0.3, -0.25) is 14.5 Å². The Morgan fingerprint density at radius 1 is 1.31 bits per heavy atom. The van der Waals surface area contributed by atoms with E-state index in [1.54, 1.807) is 4.90 Å². The molecule has 0 rings (SSSR count). The number of nitrogens with one attached hydrogen (secondary N) is 1. The van der Waals surface area contributed by atoms with E-state index in [9.17, 15) is 9.59 Å². The zero-order chi connectivity index (χ0) is 12.6. The van der Waals surface area contributed by atoms with Crippen LogP contribution >= 0.6 is 0 Å². The Morgan fingerprint density at radius 2 is 1.94 bits per heavy atom. The molecule has 0 bridgehead atoms. The fourth-order valence-corrected chi connectivity index (χ4v) is 1.31. The Kier molecular flexibility index (Phi) is 7.76. The summed E-state index contributed by atoms with van der Waals surface area (Å²) >= 11 is 0. The van der Waals surface area contributed by atoms with Crippen molar-refractivity contribution in [2.45, 2.75) is 26.8 Å². The van der Waals surface area contributed by atoms with Crippen LogP contribution in [0.1, 0.15) is 20.8 Å². The van der Waals surface area contributed by atoms with Crippen molar-refractivity contribution in [2.24, 2.45) is 0 Å². The first kappa shape index (κ1) is 15.1. The number of ether oxygens (including phenoxy) is 1. The van der Waals surface area contributed by atoms with Crippen LogP contribution < -0.4 is 5.32 Å². The van der Waals surface area contributed by atoms with Crippen molar-refractivity contribution in [3.8, 4) is 0 Å². The zero-order valence-corrected chi connectivity index (χ0v) is 10.6. The number of hydrogen-bond donors (Lipinski definition) is 1. The zero-order valence-electron chi connectivity index (χ0n) is 10.6. The monoisotopic (exact) mass is 230 g/mol. The highest BCUT2D eigenvalue weighted by atomic mass is 16.5. The average molecular weight is 230 g/mol. The van der Waals surface area contributed by atoms with E-state index in [0.717, 1.165) is 0 Å². The number of methoxy groups -OCH3 is 1. The molecule has 5 heteroatoms. The fourth-order valence-electron chi connectivity index (χ4n) is 1.31. The molecule has 0 aliphatic carbocycles. The smallest absolute Gasteiger partial charge is 0.234 e. The lowest BCUT2D eigenvalue weighted by molar-refractivity contribution is -0.126. The van der Waals surface area contributed by atoms with Crippen molar-refractivity contribution >= 4 is 11.7 Å². The molecule has 0 radical (unpaired) electrons. The molecule has 16 heavy (non-hydrogen) atoms. The molecule has 5 nitrogen and oxygen atoms in total. The summed E-state index contributed by atoms with van der Waals surface area (Å²) in [5.41, 5.74) is 0. The summed E-state index contributed by atoms with van der Waals surface area (Å²) in [4.78, 5) is 24.6. The molecular formula is C11H22N2O3. The topological polar surface area (TPSA) is 58.6 Å². The van der Waals surface area contributed by atoms with Gasteiger partial charge in [0.15, 0.2) is 5.78 Å². The molecule has 1 amide bonds. The number of hydrogen-bond acceptors (Lipinski definition) is 4. The second-order valence-electron chi connectivity index (χ2n) is 4.00. The van der Waals surface area contributed by atoms with Gasteiger partial charge in [-0.05, 0) is 20.4 Å². The minimum atomic E-state index is -0.0536. The molecule has 0 fully saturated rings. The molecular weight excluding hydrogens is 208 g/mol. The van der Waals surface area contributed by atoms with Gasteiger partial charge in [-0.2, -0.15) is 0 Å². The summed E-state index contributed by atoms with van der Waals surface area (Å²) in [6.45, 7) is 7.01. The van der Waals surface area contributed by atoms with Gasteiger partial charge in [0.05, 0.1) is 13.1 Å². The van der Waals surface area contributed by atoms with Gasteiger partial charge in [0.25, 0.3) is 0 Å². The Labute approximate surface area is 97.1 Å². The van der Waals surface area contributed by atoms with Gasteiger partial charge in [-0.1, -0.05) is 6.92 Å². The van der Waals surface area contributed by atoms with Crippen LogP contribution in [0.4, 0.5) is 0 Å². The molecule has 1 N–H and O–H groups in total. The van der Waals surface area contributed by atoms with E-state index in [1.165, 1.54) is 7.11 Å². The van der Waals surface area contributed by atoms with E-state index in [4.69, 9.17) is 4.74 Å². The maximum absolute atomic E-state index is 11.5. The summed E-state index contributed by atoms with van der Waals surface area (Å²) in [5, 5.41) is 2.79. The Balaban J connectivity index is 3.99. The standard InChI is InChI=1S/C11H22N2O3/c1-5-13(6-10(14)8-16-4)7-11(15)12-9(2)3/h9H,5-8H2,1-4H3,(H,12,15). The van der Waals surface area contributed by atoms with Crippen LogP contribution in [-0.4, -0.2) is 56.0 Å². The van der Waals surface area contributed by atoms with Gasteiger partial charge >= 0.3 is 0 Å². The first-order valence-electron chi connectivity index (χ1n) is 5.51. The van der Waals surface area contributed by atoms with E-state index < -0.39 is 0 Å². The molecule has 0 aromatic heterocycles. The van der Waals surface area contributed by atoms with E-state index in [-0.39, 0.29) is 37.4 Å². The minimum absolute atomic E-state index is 0.0123. The number of nitrogens with zero attached hydrogens (tertiary/aromatic N) is 1. The van der Waals surface area contributed by atoms with E-state index in [0.29, 0.717) is 6.54 Å². The Morgan fingerprint density at radius 3 is 2.38 bits per heavy atom. The molecule has 0 atom stereocenters. The normalized spacial score (nSPS) is 10.9. The second-order valence-corrected chi connectivity index (χ2v) is 4.00. The van der Waals surface area contributed by atoms with Gasteiger partial charge < -0.3 is 10.1 Å². The van der Waals surface area contributed by atoms with Crippen LogP contribution in [0.15, 0.2) is 0 Å². The quantitative estimate of drug-likeness (QED) is 0.640. The van der Waals surface area contributed by atoms with Gasteiger partial charge in [0.2, 0.25) is 5.91 Å². The predicted molar refractivity (Wildman–Crippen MR) is 62.3 cm³/mol. The van der Waals surface area contributed by atoms with Crippen molar-refractivity contribution in [3.63, 3.8) is 0 Å². The first-order valence-corrected chi connectivity index (χ1v) is 5.51. The molecule has 0 aliphatic heterocycles. The van der Waals surface area contributed by atoms with Crippen LogP contribution in [0, 0.1) is 0 Å². The van der Waals surface area contributed by atoms with Crippen LogP contribution in [0.3, 0.4) is 0 Å². The van der Waals surface area contributed by atoms with Crippen LogP contribution in [0.25, 0.3) is 0 Å². The summed E-state index contributed by atoms with van der Waals surface area (Å²) in [5.74, 6) is -0.0660. The highest BCUT2D eigenvalue weighted by Gasteiger charge is 2.13. The minimum Gasteiger partial charge on any atom is -0.377 e. The van der Waals surface area contributed by atoms with Crippen molar-refractivity contribution in [3.05, 3.63) is 0 Å².